The van der Waals surface area contributed by atoms with E-state index >= 15 is 0 Å². The van der Waals surface area contributed by atoms with E-state index in [1.165, 1.54) is 18.3 Å². The molecule has 1 atom stereocenters. The normalized spacial score (nSPS) is 11.8. The summed E-state index contributed by atoms with van der Waals surface area (Å²) in [6.45, 7) is 1.78. The Morgan fingerprint density at radius 1 is 1.32 bits per heavy atom. The van der Waals surface area contributed by atoms with Gasteiger partial charge >= 0.3 is 0 Å². The molecule has 7 heteroatoms. The number of amides is 1. The predicted molar refractivity (Wildman–Crippen MR) is 89.8 cm³/mol. The monoisotopic (exact) mass is 340 g/mol. The number of hydrogen-bond donors (Lipinski definition) is 1. The number of rotatable bonds is 5. The largest absolute Gasteiger partial charge is 0.453 e. The van der Waals surface area contributed by atoms with Gasteiger partial charge in [0.05, 0.1) is 12.2 Å². The lowest BCUT2D eigenvalue weighted by molar-refractivity contribution is 0.0926. The molecule has 3 rings (SSSR count). The summed E-state index contributed by atoms with van der Waals surface area (Å²) in [6, 6.07) is 7.59. The first-order valence-electron chi connectivity index (χ1n) is 7.70. The van der Waals surface area contributed by atoms with Crippen molar-refractivity contribution in [1.82, 2.24) is 19.9 Å². The summed E-state index contributed by atoms with van der Waals surface area (Å²) < 4.78 is 21.4. The first-order chi connectivity index (χ1) is 12.0. The summed E-state index contributed by atoms with van der Waals surface area (Å²) in [7, 11) is 1.73. The molecule has 128 valence electrons. The number of carbonyl (C=O) groups excluding carboxylic acids is 1. The van der Waals surface area contributed by atoms with Gasteiger partial charge in [-0.3, -0.25) is 9.78 Å². The van der Waals surface area contributed by atoms with Crippen molar-refractivity contribution < 1.29 is 13.9 Å². The first kappa shape index (κ1) is 16.6. The van der Waals surface area contributed by atoms with Crippen molar-refractivity contribution in [1.29, 1.82) is 0 Å². The molecule has 25 heavy (non-hydrogen) atoms. The van der Waals surface area contributed by atoms with Gasteiger partial charge in [-0.25, -0.2) is 9.37 Å². The van der Waals surface area contributed by atoms with E-state index in [4.69, 9.17) is 4.74 Å². The molecule has 2 heterocycles. The molecule has 0 fully saturated rings. The van der Waals surface area contributed by atoms with Crippen LogP contribution in [0, 0.1) is 5.82 Å². The number of ether oxygens (including phenoxy) is 1. The molecule has 3 aromatic rings. The van der Waals surface area contributed by atoms with E-state index in [0.29, 0.717) is 17.1 Å². The number of benzene rings is 1. The highest BCUT2D eigenvalue weighted by molar-refractivity contribution is 5.91. The van der Waals surface area contributed by atoms with Crippen molar-refractivity contribution in [2.24, 2.45) is 7.05 Å². The minimum Gasteiger partial charge on any atom is -0.453 e. The van der Waals surface area contributed by atoms with Crippen LogP contribution in [-0.2, 0) is 7.05 Å². The summed E-state index contributed by atoms with van der Waals surface area (Å²) in [4.78, 5) is 20.1. The van der Waals surface area contributed by atoms with E-state index in [1.54, 1.807) is 55.3 Å². The van der Waals surface area contributed by atoms with Crippen molar-refractivity contribution in [2.45, 2.75) is 13.0 Å². The van der Waals surface area contributed by atoms with Crippen molar-refractivity contribution in [3.05, 3.63) is 72.3 Å². The van der Waals surface area contributed by atoms with E-state index in [-0.39, 0.29) is 17.7 Å². The second-order valence-electron chi connectivity index (χ2n) is 5.54. The summed E-state index contributed by atoms with van der Waals surface area (Å²) in [6.07, 6.45) is 6.34. The molecule has 0 spiro atoms. The lowest BCUT2D eigenvalue weighted by Crippen LogP contribution is -2.29. The molecule has 2 aromatic heterocycles. The quantitative estimate of drug-likeness (QED) is 0.774. The van der Waals surface area contributed by atoms with Crippen LogP contribution in [-0.4, -0.2) is 20.4 Å². The molecule has 0 aliphatic rings. The summed E-state index contributed by atoms with van der Waals surface area (Å²) in [5.74, 6) is 0.00375. The van der Waals surface area contributed by atoms with Crippen LogP contribution >= 0.6 is 0 Å². The van der Waals surface area contributed by atoms with Crippen molar-refractivity contribution >= 4 is 5.91 Å². The first-order valence-corrected chi connectivity index (χ1v) is 7.70. The van der Waals surface area contributed by atoms with E-state index in [0.717, 1.165) is 0 Å². The third-order valence-electron chi connectivity index (χ3n) is 3.69. The van der Waals surface area contributed by atoms with Gasteiger partial charge in [-0.1, -0.05) is 6.07 Å². The fourth-order valence-corrected chi connectivity index (χ4v) is 2.33. The van der Waals surface area contributed by atoms with Gasteiger partial charge in [-0.15, -0.1) is 0 Å². The molecular weight excluding hydrogens is 323 g/mol. The van der Waals surface area contributed by atoms with E-state index in [1.807, 2.05) is 0 Å². The lowest BCUT2D eigenvalue weighted by Gasteiger charge is -2.15. The molecule has 0 saturated carbocycles. The second-order valence-corrected chi connectivity index (χ2v) is 5.54. The Morgan fingerprint density at radius 2 is 2.16 bits per heavy atom. The molecule has 1 aromatic carbocycles. The molecule has 0 bridgehead atoms. The Bertz CT molecular complexity index is 880. The van der Waals surface area contributed by atoms with Gasteiger partial charge in [0.2, 0.25) is 0 Å². The molecule has 1 amide bonds. The Kier molecular flexibility index (Phi) is 4.74. The fourth-order valence-electron chi connectivity index (χ4n) is 2.33. The highest BCUT2D eigenvalue weighted by atomic mass is 19.1. The summed E-state index contributed by atoms with van der Waals surface area (Å²) in [5, 5.41) is 2.80. The number of aryl methyl sites for hydroxylation is 1. The Balaban J connectivity index is 1.71. The van der Waals surface area contributed by atoms with E-state index in [2.05, 4.69) is 15.3 Å². The number of halogens is 1. The van der Waals surface area contributed by atoms with Crippen LogP contribution in [0.25, 0.3) is 0 Å². The average Bonchev–Trinajstić information content (AvgIpc) is 3.03. The highest BCUT2D eigenvalue weighted by Gasteiger charge is 2.16. The zero-order chi connectivity index (χ0) is 17.8. The Morgan fingerprint density at radius 3 is 2.80 bits per heavy atom. The number of carbonyl (C=O) groups is 1. The van der Waals surface area contributed by atoms with Crippen LogP contribution in [0.3, 0.4) is 0 Å². The number of nitrogens with zero attached hydrogens (tertiary/aromatic N) is 3. The van der Waals surface area contributed by atoms with Crippen LogP contribution in [0.5, 0.6) is 11.5 Å². The standard InChI is InChI=1S/C18H17FN4O2/c1-12(22-18(24)17-21-8-9-23(17)2)13-5-6-16(15(19)10-13)25-14-4-3-7-20-11-14/h3-12H,1-2H3,(H,22,24)/t12-/m0/s1. The van der Waals surface area contributed by atoms with Gasteiger partial charge in [-0.05, 0) is 36.8 Å². The van der Waals surface area contributed by atoms with Gasteiger partial charge in [0, 0.05) is 25.6 Å². The minimum absolute atomic E-state index is 0.0966. The topological polar surface area (TPSA) is 69.0 Å². The highest BCUT2D eigenvalue weighted by Crippen LogP contribution is 2.26. The lowest BCUT2D eigenvalue weighted by atomic mass is 10.1. The zero-order valence-electron chi connectivity index (χ0n) is 13.8. The maximum Gasteiger partial charge on any atom is 0.287 e. The Hall–Kier alpha value is -3.22. The van der Waals surface area contributed by atoms with Crippen LogP contribution in [0.4, 0.5) is 4.39 Å². The number of hydrogen-bond acceptors (Lipinski definition) is 4. The van der Waals surface area contributed by atoms with Gasteiger partial charge in [0.1, 0.15) is 5.75 Å². The van der Waals surface area contributed by atoms with Gasteiger partial charge < -0.3 is 14.6 Å². The van der Waals surface area contributed by atoms with Crippen molar-refractivity contribution in [3.63, 3.8) is 0 Å². The number of pyridine rings is 1. The second kappa shape index (κ2) is 7.12. The SMILES string of the molecule is C[C@H](NC(=O)c1nccn1C)c1ccc(Oc2cccnc2)c(F)c1. The van der Waals surface area contributed by atoms with Crippen molar-refractivity contribution in [3.8, 4) is 11.5 Å². The van der Waals surface area contributed by atoms with Gasteiger partial charge in [0.25, 0.3) is 5.91 Å². The van der Waals surface area contributed by atoms with Gasteiger partial charge in [0.15, 0.2) is 17.4 Å². The molecule has 0 aliphatic heterocycles. The molecule has 0 saturated heterocycles. The minimum atomic E-state index is -0.514. The van der Waals surface area contributed by atoms with Crippen LogP contribution < -0.4 is 10.1 Å². The molecular formula is C18H17FN4O2. The van der Waals surface area contributed by atoms with Crippen LogP contribution in [0.15, 0.2) is 55.1 Å². The number of nitrogens with one attached hydrogen (secondary N) is 1. The third kappa shape index (κ3) is 3.82. The average molecular weight is 340 g/mol. The molecule has 1 N–H and O–H groups in total. The maximum absolute atomic E-state index is 14.3. The number of aromatic nitrogens is 3. The van der Waals surface area contributed by atoms with Crippen LogP contribution in [0.2, 0.25) is 0 Å². The maximum atomic E-state index is 14.3. The van der Waals surface area contributed by atoms with E-state index < -0.39 is 5.82 Å². The molecule has 0 unspecified atom stereocenters. The summed E-state index contributed by atoms with van der Waals surface area (Å²) >= 11 is 0. The molecule has 6 nitrogen and oxygen atoms in total. The third-order valence-corrected chi connectivity index (χ3v) is 3.69. The van der Waals surface area contributed by atoms with Crippen LogP contribution in [0.1, 0.15) is 29.1 Å². The smallest absolute Gasteiger partial charge is 0.287 e. The Labute approximate surface area is 144 Å². The summed E-state index contributed by atoms with van der Waals surface area (Å²) in [5.41, 5.74) is 0.624. The predicted octanol–water partition coefficient (Wildman–Crippen LogP) is 3.24. The molecule has 0 aliphatic carbocycles. The van der Waals surface area contributed by atoms with Gasteiger partial charge in [-0.2, -0.15) is 0 Å². The molecule has 0 radical (unpaired) electrons. The van der Waals surface area contributed by atoms with E-state index in [9.17, 15) is 9.18 Å². The number of imidazole rings is 1. The zero-order valence-corrected chi connectivity index (χ0v) is 13.8. The van der Waals surface area contributed by atoms with Crippen molar-refractivity contribution in [2.75, 3.05) is 0 Å². The fraction of sp³-hybridized carbons (Fsp3) is 0.167.